The van der Waals surface area contributed by atoms with Crippen molar-refractivity contribution in [3.63, 3.8) is 0 Å². The molecule has 0 aromatic heterocycles. The van der Waals surface area contributed by atoms with Crippen LogP contribution in [0, 0.1) is 0 Å². The second-order valence-corrected chi connectivity index (χ2v) is 5.15. The highest BCUT2D eigenvalue weighted by Gasteiger charge is 2.04. The normalized spacial score (nSPS) is 10.4. The zero-order valence-electron chi connectivity index (χ0n) is 12.2. The van der Waals surface area contributed by atoms with Gasteiger partial charge in [0, 0.05) is 5.69 Å². The first-order valence-electron chi connectivity index (χ1n) is 7.14. The Balaban J connectivity index is 1.75. The number of benzene rings is 3. The molecule has 0 radical (unpaired) electrons. The highest BCUT2D eigenvalue weighted by atomic mass is 16.5. The first-order valence-corrected chi connectivity index (χ1v) is 7.14. The van der Waals surface area contributed by atoms with Gasteiger partial charge in [0.2, 0.25) is 0 Å². The van der Waals surface area contributed by atoms with Crippen molar-refractivity contribution in [2.45, 2.75) is 6.61 Å². The number of hydrogen-bond acceptors (Lipinski definition) is 3. The lowest BCUT2D eigenvalue weighted by atomic mass is 10.1. The van der Waals surface area contributed by atoms with Gasteiger partial charge in [0.05, 0.1) is 5.69 Å². The van der Waals surface area contributed by atoms with E-state index >= 15 is 0 Å². The number of nitrogens with two attached hydrogens (primary N) is 2. The number of nitrogen functional groups attached to an aromatic ring is 2. The van der Waals surface area contributed by atoms with Crippen LogP contribution in [0.15, 0.2) is 72.8 Å². The molecule has 0 atom stereocenters. The van der Waals surface area contributed by atoms with Gasteiger partial charge in [0.1, 0.15) is 12.4 Å². The van der Waals surface area contributed by atoms with Crippen LogP contribution in [0.2, 0.25) is 0 Å². The summed E-state index contributed by atoms with van der Waals surface area (Å²) in [6.07, 6.45) is 0. The molecule has 3 nitrogen and oxygen atoms in total. The third-order valence-electron chi connectivity index (χ3n) is 3.46. The van der Waals surface area contributed by atoms with E-state index in [9.17, 15) is 0 Å². The van der Waals surface area contributed by atoms with E-state index in [0.717, 1.165) is 22.4 Å². The van der Waals surface area contributed by atoms with E-state index in [1.165, 1.54) is 0 Å². The molecule has 3 heteroatoms. The third-order valence-corrected chi connectivity index (χ3v) is 3.46. The molecule has 0 spiro atoms. The lowest BCUT2D eigenvalue weighted by Gasteiger charge is -2.11. The maximum atomic E-state index is 6.10. The summed E-state index contributed by atoms with van der Waals surface area (Å²) in [5, 5.41) is 0. The van der Waals surface area contributed by atoms with Crippen molar-refractivity contribution >= 4 is 11.4 Å². The zero-order chi connectivity index (χ0) is 15.4. The van der Waals surface area contributed by atoms with E-state index in [1.54, 1.807) is 0 Å². The Labute approximate surface area is 130 Å². The molecule has 0 saturated carbocycles. The Kier molecular flexibility index (Phi) is 3.97. The Morgan fingerprint density at radius 2 is 1.55 bits per heavy atom. The van der Waals surface area contributed by atoms with Crippen LogP contribution in [0.25, 0.3) is 11.1 Å². The maximum absolute atomic E-state index is 6.10. The largest absolute Gasteiger partial charge is 0.487 e. The van der Waals surface area contributed by atoms with Crippen molar-refractivity contribution < 1.29 is 4.74 Å². The predicted molar refractivity (Wildman–Crippen MR) is 91.5 cm³/mol. The monoisotopic (exact) mass is 290 g/mol. The fraction of sp³-hybridized carbons (Fsp3) is 0.0526. The van der Waals surface area contributed by atoms with Gasteiger partial charge >= 0.3 is 0 Å². The minimum absolute atomic E-state index is 0.444. The second kappa shape index (κ2) is 6.22. The first kappa shape index (κ1) is 14.0. The van der Waals surface area contributed by atoms with Crippen molar-refractivity contribution in [2.24, 2.45) is 0 Å². The Hall–Kier alpha value is -2.94. The highest BCUT2D eigenvalue weighted by molar-refractivity contribution is 5.70. The average molecular weight is 290 g/mol. The lowest BCUT2D eigenvalue weighted by molar-refractivity contribution is 0.308. The summed E-state index contributed by atoms with van der Waals surface area (Å²) >= 11 is 0. The lowest BCUT2D eigenvalue weighted by Crippen LogP contribution is -1.99. The van der Waals surface area contributed by atoms with Gasteiger partial charge in [0.25, 0.3) is 0 Å². The van der Waals surface area contributed by atoms with Crippen LogP contribution in [-0.4, -0.2) is 0 Å². The van der Waals surface area contributed by atoms with Gasteiger partial charge in [-0.15, -0.1) is 0 Å². The van der Waals surface area contributed by atoms with Crippen molar-refractivity contribution in [1.82, 2.24) is 0 Å². The third kappa shape index (κ3) is 3.20. The summed E-state index contributed by atoms with van der Waals surface area (Å²) in [5.41, 5.74) is 16.5. The molecule has 4 N–H and O–H groups in total. The number of ether oxygens (including phenoxy) is 1. The summed E-state index contributed by atoms with van der Waals surface area (Å²) in [4.78, 5) is 0. The average Bonchev–Trinajstić information content (AvgIpc) is 2.54. The number of hydrogen-bond donors (Lipinski definition) is 2. The minimum atomic E-state index is 0.444. The Bertz CT molecular complexity index is 769. The van der Waals surface area contributed by atoms with Gasteiger partial charge in [-0.1, -0.05) is 48.5 Å². The predicted octanol–water partition coefficient (Wildman–Crippen LogP) is 4.10. The molecular weight excluding hydrogens is 272 g/mol. The smallest absolute Gasteiger partial charge is 0.142 e. The first-order chi connectivity index (χ1) is 10.7. The Morgan fingerprint density at radius 3 is 2.27 bits per heavy atom. The van der Waals surface area contributed by atoms with Crippen LogP contribution in [0.1, 0.15) is 5.56 Å². The fourth-order valence-electron chi connectivity index (χ4n) is 2.33. The van der Waals surface area contributed by atoms with Crippen LogP contribution >= 0.6 is 0 Å². The van der Waals surface area contributed by atoms with Crippen LogP contribution in [0.5, 0.6) is 5.75 Å². The Morgan fingerprint density at radius 1 is 0.727 bits per heavy atom. The van der Waals surface area contributed by atoms with Crippen LogP contribution in [0.4, 0.5) is 11.4 Å². The zero-order valence-corrected chi connectivity index (χ0v) is 12.2. The molecule has 0 fully saturated rings. The van der Waals surface area contributed by atoms with Crippen molar-refractivity contribution in [3.05, 3.63) is 78.4 Å². The number of anilines is 2. The molecule has 0 unspecified atom stereocenters. The molecule has 110 valence electrons. The standard InChI is InChI=1S/C19H18N2O/c20-17-8-4-5-14(11-17)13-22-19-10-9-16(12-18(19)21)15-6-2-1-3-7-15/h1-12H,13,20-21H2. The molecule has 3 rings (SSSR count). The molecule has 0 aliphatic rings. The van der Waals surface area contributed by atoms with E-state index in [0.29, 0.717) is 18.0 Å². The van der Waals surface area contributed by atoms with Crippen LogP contribution in [-0.2, 0) is 6.61 Å². The highest BCUT2D eigenvalue weighted by Crippen LogP contribution is 2.29. The van der Waals surface area contributed by atoms with E-state index in [2.05, 4.69) is 12.1 Å². The molecule has 3 aromatic rings. The maximum Gasteiger partial charge on any atom is 0.142 e. The molecule has 22 heavy (non-hydrogen) atoms. The van der Waals surface area contributed by atoms with Crippen molar-refractivity contribution in [3.8, 4) is 16.9 Å². The minimum Gasteiger partial charge on any atom is -0.487 e. The molecule has 0 aliphatic carbocycles. The van der Waals surface area contributed by atoms with E-state index < -0.39 is 0 Å². The molecule has 0 bridgehead atoms. The van der Waals surface area contributed by atoms with Crippen LogP contribution in [0.3, 0.4) is 0 Å². The molecule has 0 saturated heterocycles. The molecule has 3 aromatic carbocycles. The SMILES string of the molecule is Nc1cccc(COc2ccc(-c3ccccc3)cc2N)c1. The summed E-state index contributed by atoms with van der Waals surface area (Å²) in [6, 6.07) is 23.6. The van der Waals surface area contributed by atoms with Gasteiger partial charge in [-0.2, -0.15) is 0 Å². The van der Waals surface area contributed by atoms with Crippen molar-refractivity contribution in [2.75, 3.05) is 11.5 Å². The molecule has 0 aliphatic heterocycles. The quantitative estimate of drug-likeness (QED) is 0.711. The summed E-state index contributed by atoms with van der Waals surface area (Å²) in [6.45, 7) is 0.444. The van der Waals surface area contributed by atoms with E-state index in [4.69, 9.17) is 16.2 Å². The topological polar surface area (TPSA) is 61.3 Å². The van der Waals surface area contributed by atoms with Gasteiger partial charge in [-0.05, 0) is 41.0 Å². The van der Waals surface area contributed by atoms with Crippen LogP contribution < -0.4 is 16.2 Å². The van der Waals surface area contributed by atoms with E-state index in [-0.39, 0.29) is 0 Å². The number of rotatable bonds is 4. The molecule has 0 heterocycles. The van der Waals surface area contributed by atoms with Crippen molar-refractivity contribution in [1.29, 1.82) is 0 Å². The summed E-state index contributed by atoms with van der Waals surface area (Å²) < 4.78 is 5.79. The molecular formula is C19H18N2O. The summed E-state index contributed by atoms with van der Waals surface area (Å²) in [7, 11) is 0. The van der Waals surface area contributed by atoms with Gasteiger partial charge in [-0.25, -0.2) is 0 Å². The molecule has 0 amide bonds. The van der Waals surface area contributed by atoms with Gasteiger partial charge in [-0.3, -0.25) is 0 Å². The van der Waals surface area contributed by atoms with E-state index in [1.807, 2.05) is 60.7 Å². The fourth-order valence-corrected chi connectivity index (χ4v) is 2.33. The van der Waals surface area contributed by atoms with Gasteiger partial charge < -0.3 is 16.2 Å². The summed E-state index contributed by atoms with van der Waals surface area (Å²) in [5.74, 6) is 0.683. The van der Waals surface area contributed by atoms with Gasteiger partial charge in [0.15, 0.2) is 0 Å². The second-order valence-electron chi connectivity index (χ2n) is 5.15.